The second-order valence-corrected chi connectivity index (χ2v) is 7.98. The quantitative estimate of drug-likeness (QED) is 0.870. The number of carbonyl (C=O) groups excluding carboxylic acids is 1. The molecule has 0 aliphatic heterocycles. The maximum absolute atomic E-state index is 12.4. The van der Waals surface area contributed by atoms with Crippen molar-refractivity contribution in [2.45, 2.75) is 18.7 Å². The molecule has 0 saturated heterocycles. The minimum absolute atomic E-state index is 0.0596. The topological polar surface area (TPSA) is 105 Å². The molecular formula is C14H18N4O3S2. The zero-order valence-electron chi connectivity index (χ0n) is 13.2. The van der Waals surface area contributed by atoms with Crippen molar-refractivity contribution < 1.29 is 13.2 Å². The fourth-order valence-corrected chi connectivity index (χ4v) is 3.46. The molecule has 0 radical (unpaired) electrons. The third-order valence-corrected chi connectivity index (χ3v) is 5.12. The van der Waals surface area contributed by atoms with Crippen LogP contribution in [0.15, 0.2) is 23.1 Å². The number of anilines is 2. The van der Waals surface area contributed by atoms with Gasteiger partial charge in [0.05, 0.1) is 27.0 Å². The molecule has 0 spiro atoms. The predicted molar refractivity (Wildman–Crippen MR) is 91.7 cm³/mol. The Labute approximate surface area is 139 Å². The van der Waals surface area contributed by atoms with E-state index in [2.05, 4.69) is 10.3 Å². The van der Waals surface area contributed by atoms with Crippen LogP contribution in [0.4, 0.5) is 11.4 Å². The number of amides is 1. The summed E-state index contributed by atoms with van der Waals surface area (Å²) in [5.41, 5.74) is 1.68. The highest BCUT2D eigenvalue weighted by Gasteiger charge is 2.18. The monoisotopic (exact) mass is 354 g/mol. The van der Waals surface area contributed by atoms with Gasteiger partial charge in [-0.05, 0) is 32.0 Å². The number of rotatable bonds is 4. The summed E-state index contributed by atoms with van der Waals surface area (Å²) in [5.74, 6) is -0.331. The van der Waals surface area contributed by atoms with E-state index < -0.39 is 10.0 Å². The van der Waals surface area contributed by atoms with Crippen LogP contribution < -0.4 is 15.4 Å². The van der Waals surface area contributed by atoms with Crippen LogP contribution in [0.5, 0.6) is 0 Å². The Morgan fingerprint density at radius 3 is 2.43 bits per heavy atom. The van der Waals surface area contributed by atoms with E-state index in [-0.39, 0.29) is 10.8 Å². The number of nitrogens with two attached hydrogens (primary N) is 1. The van der Waals surface area contributed by atoms with E-state index in [4.69, 9.17) is 5.14 Å². The molecule has 1 heterocycles. The van der Waals surface area contributed by atoms with Crippen molar-refractivity contribution in [3.8, 4) is 0 Å². The molecule has 124 valence electrons. The lowest BCUT2D eigenvalue weighted by molar-refractivity contribution is 0.103. The first-order valence-electron chi connectivity index (χ1n) is 6.69. The van der Waals surface area contributed by atoms with E-state index in [0.717, 1.165) is 5.01 Å². The zero-order valence-corrected chi connectivity index (χ0v) is 14.9. The number of nitrogens with one attached hydrogen (secondary N) is 1. The number of aromatic nitrogens is 1. The van der Waals surface area contributed by atoms with Gasteiger partial charge in [0.15, 0.2) is 0 Å². The van der Waals surface area contributed by atoms with Gasteiger partial charge >= 0.3 is 0 Å². The highest BCUT2D eigenvalue weighted by molar-refractivity contribution is 7.89. The summed E-state index contributed by atoms with van der Waals surface area (Å²) in [7, 11) is -0.261. The van der Waals surface area contributed by atoms with Crippen molar-refractivity contribution >= 4 is 38.6 Å². The SMILES string of the molecule is Cc1nc(C)c(C(=O)Nc2cc(S(N)(=O)=O)ccc2N(C)C)s1. The fourth-order valence-electron chi connectivity index (χ4n) is 2.10. The molecule has 2 rings (SSSR count). The number of carbonyl (C=O) groups is 1. The molecule has 1 aromatic heterocycles. The zero-order chi connectivity index (χ0) is 17.4. The largest absolute Gasteiger partial charge is 0.376 e. The van der Waals surface area contributed by atoms with Gasteiger partial charge in [-0.1, -0.05) is 0 Å². The minimum atomic E-state index is -3.85. The maximum Gasteiger partial charge on any atom is 0.267 e. The van der Waals surface area contributed by atoms with Crippen LogP contribution in [0.25, 0.3) is 0 Å². The van der Waals surface area contributed by atoms with Crippen LogP contribution in [0.3, 0.4) is 0 Å². The van der Waals surface area contributed by atoms with Gasteiger partial charge in [0.2, 0.25) is 10.0 Å². The van der Waals surface area contributed by atoms with Crippen LogP contribution in [0.1, 0.15) is 20.4 Å². The van der Waals surface area contributed by atoms with Crippen molar-refractivity contribution in [3.63, 3.8) is 0 Å². The van der Waals surface area contributed by atoms with Gasteiger partial charge in [-0.15, -0.1) is 11.3 Å². The molecule has 0 fully saturated rings. The lowest BCUT2D eigenvalue weighted by Crippen LogP contribution is -2.18. The summed E-state index contributed by atoms with van der Waals surface area (Å²) in [6.45, 7) is 3.58. The molecule has 0 atom stereocenters. The van der Waals surface area contributed by atoms with Gasteiger partial charge in [-0.25, -0.2) is 18.5 Å². The average molecular weight is 354 g/mol. The van der Waals surface area contributed by atoms with Crippen molar-refractivity contribution in [2.75, 3.05) is 24.3 Å². The van der Waals surface area contributed by atoms with Gasteiger partial charge in [0.1, 0.15) is 4.88 Å². The summed E-state index contributed by atoms with van der Waals surface area (Å²) in [6.07, 6.45) is 0. The van der Waals surface area contributed by atoms with Gasteiger partial charge in [0.25, 0.3) is 5.91 Å². The van der Waals surface area contributed by atoms with E-state index in [1.165, 1.54) is 23.5 Å². The highest BCUT2D eigenvalue weighted by atomic mass is 32.2. The summed E-state index contributed by atoms with van der Waals surface area (Å²) >= 11 is 1.29. The summed E-state index contributed by atoms with van der Waals surface area (Å²) < 4.78 is 23.0. The van der Waals surface area contributed by atoms with Crippen molar-refractivity contribution in [2.24, 2.45) is 5.14 Å². The van der Waals surface area contributed by atoms with Gasteiger partial charge < -0.3 is 10.2 Å². The Hall–Kier alpha value is -1.97. The molecule has 2 aromatic rings. The van der Waals surface area contributed by atoms with Gasteiger partial charge in [-0.3, -0.25) is 4.79 Å². The average Bonchev–Trinajstić information content (AvgIpc) is 2.76. The third-order valence-electron chi connectivity index (χ3n) is 3.14. The number of hydrogen-bond donors (Lipinski definition) is 2. The third kappa shape index (κ3) is 3.87. The molecule has 7 nitrogen and oxygen atoms in total. The molecule has 0 aliphatic carbocycles. The summed E-state index contributed by atoms with van der Waals surface area (Å²) in [6, 6.07) is 4.36. The van der Waals surface area contributed by atoms with Crippen LogP contribution in [-0.4, -0.2) is 33.4 Å². The molecule has 0 bridgehead atoms. The van der Waals surface area contributed by atoms with Crippen LogP contribution in [0, 0.1) is 13.8 Å². The lowest BCUT2D eigenvalue weighted by Gasteiger charge is -2.18. The van der Waals surface area contributed by atoms with Crippen molar-refractivity contribution in [3.05, 3.63) is 33.8 Å². The molecule has 0 unspecified atom stereocenters. The molecule has 23 heavy (non-hydrogen) atoms. The van der Waals surface area contributed by atoms with E-state index in [1.54, 1.807) is 32.0 Å². The van der Waals surface area contributed by atoms with Crippen LogP contribution >= 0.6 is 11.3 Å². The van der Waals surface area contributed by atoms with Gasteiger partial charge in [-0.2, -0.15) is 0 Å². The summed E-state index contributed by atoms with van der Waals surface area (Å²) in [5, 5.41) is 8.69. The number of nitrogens with zero attached hydrogens (tertiary/aromatic N) is 2. The predicted octanol–water partition coefficient (Wildman–Crippen LogP) is 1.73. The highest BCUT2D eigenvalue weighted by Crippen LogP contribution is 2.28. The van der Waals surface area contributed by atoms with E-state index in [1.807, 2.05) is 6.92 Å². The van der Waals surface area contributed by atoms with E-state index in [9.17, 15) is 13.2 Å². The van der Waals surface area contributed by atoms with Crippen molar-refractivity contribution in [1.29, 1.82) is 0 Å². The first-order valence-corrected chi connectivity index (χ1v) is 9.05. The first kappa shape index (κ1) is 17.4. The van der Waals surface area contributed by atoms with E-state index in [0.29, 0.717) is 21.9 Å². The molecular weight excluding hydrogens is 336 g/mol. The Bertz CT molecular complexity index is 857. The Balaban J connectivity index is 2.44. The molecule has 3 N–H and O–H groups in total. The van der Waals surface area contributed by atoms with Crippen molar-refractivity contribution in [1.82, 2.24) is 4.98 Å². The maximum atomic E-state index is 12.4. The number of thiazole rings is 1. The normalized spacial score (nSPS) is 11.3. The lowest BCUT2D eigenvalue weighted by atomic mass is 10.2. The first-order chi connectivity index (χ1) is 10.6. The molecule has 0 saturated carbocycles. The number of sulfonamides is 1. The Morgan fingerprint density at radius 2 is 1.96 bits per heavy atom. The number of primary sulfonamides is 1. The smallest absolute Gasteiger partial charge is 0.267 e. The summed E-state index contributed by atoms with van der Waals surface area (Å²) in [4.78, 5) is 18.9. The number of hydrogen-bond acceptors (Lipinski definition) is 6. The van der Waals surface area contributed by atoms with E-state index >= 15 is 0 Å². The van der Waals surface area contributed by atoms with Crippen LogP contribution in [-0.2, 0) is 10.0 Å². The Kier molecular flexibility index (Phi) is 4.73. The Morgan fingerprint density at radius 1 is 1.30 bits per heavy atom. The molecule has 9 heteroatoms. The number of benzene rings is 1. The molecule has 0 aliphatic rings. The second-order valence-electron chi connectivity index (χ2n) is 5.22. The van der Waals surface area contributed by atoms with Gasteiger partial charge in [0, 0.05) is 14.1 Å². The van der Waals surface area contributed by atoms with Crippen LogP contribution in [0.2, 0.25) is 0 Å². The second kappa shape index (κ2) is 6.26. The standard InChI is InChI=1S/C14H18N4O3S2/c1-8-13(22-9(2)16-8)14(19)17-11-7-10(23(15,20)21)5-6-12(11)18(3)4/h5-7H,1-4H3,(H,17,19)(H2,15,20,21). The molecule has 1 aromatic carbocycles. The number of aryl methyl sites for hydroxylation is 2. The molecule has 1 amide bonds. The fraction of sp³-hybridized carbons (Fsp3) is 0.286. The minimum Gasteiger partial charge on any atom is -0.376 e.